The predicted molar refractivity (Wildman–Crippen MR) is 149 cm³/mol. The second kappa shape index (κ2) is 12.6. The lowest BCUT2D eigenvalue weighted by atomic mass is 10.1. The van der Waals surface area contributed by atoms with Crippen molar-refractivity contribution in [3.8, 4) is 34.5 Å². The average molecular weight is 513 g/mol. The van der Waals surface area contributed by atoms with Crippen LogP contribution < -0.4 is 10.2 Å². The zero-order valence-corrected chi connectivity index (χ0v) is 21.8. The number of anilines is 1. The average Bonchev–Trinajstić information content (AvgIpc) is 3.69. The van der Waals surface area contributed by atoms with Crippen molar-refractivity contribution < 1.29 is 9.50 Å². The first kappa shape index (κ1) is 26.6. The van der Waals surface area contributed by atoms with Gasteiger partial charge in [0, 0.05) is 55.7 Å². The molecule has 0 bridgehead atoms. The van der Waals surface area contributed by atoms with Crippen LogP contribution in [0.25, 0.3) is 28.3 Å². The fourth-order valence-corrected chi connectivity index (χ4v) is 4.68. The summed E-state index contributed by atoms with van der Waals surface area (Å²) < 4.78 is 17.8. The summed E-state index contributed by atoms with van der Waals surface area (Å²) in [7, 11) is 0. The fraction of sp³-hybridized carbons (Fsp3) is 0.267. The van der Waals surface area contributed by atoms with E-state index in [1.54, 1.807) is 6.19 Å². The lowest BCUT2D eigenvalue weighted by molar-refractivity contribution is 0.470. The Morgan fingerprint density at radius 1 is 1.08 bits per heavy atom. The number of imidazole rings is 1. The summed E-state index contributed by atoms with van der Waals surface area (Å²) in [5, 5.41) is 17.6. The monoisotopic (exact) mass is 512 g/mol. The molecule has 1 fully saturated rings. The van der Waals surface area contributed by atoms with Gasteiger partial charge in [0.25, 0.3) is 0 Å². The number of hydrogen-bond donors (Lipinski definition) is 2. The van der Waals surface area contributed by atoms with Crippen molar-refractivity contribution in [2.75, 3.05) is 18.0 Å². The molecule has 0 spiro atoms. The number of aromatic nitrogens is 3. The fourth-order valence-electron chi connectivity index (χ4n) is 4.68. The third-order valence-electron chi connectivity index (χ3n) is 6.30. The molecule has 0 aliphatic carbocycles. The number of nitrogens with one attached hydrogen (secondary N) is 1. The van der Waals surface area contributed by atoms with Gasteiger partial charge in [0.15, 0.2) is 12.0 Å². The van der Waals surface area contributed by atoms with Crippen LogP contribution >= 0.6 is 0 Å². The number of aliphatic hydroxyl groups excluding tert-OH is 1. The van der Waals surface area contributed by atoms with E-state index in [2.05, 4.69) is 68.6 Å². The van der Waals surface area contributed by atoms with Crippen molar-refractivity contribution in [3.05, 3.63) is 91.0 Å². The minimum absolute atomic E-state index is 0.214. The second-order valence-electron chi connectivity index (χ2n) is 9.16. The predicted octanol–water partition coefficient (Wildman–Crippen LogP) is 6.61. The summed E-state index contributed by atoms with van der Waals surface area (Å²) in [6.45, 7) is 7.31. The third kappa shape index (κ3) is 5.89. The van der Waals surface area contributed by atoms with Gasteiger partial charge in [-0.2, -0.15) is 5.26 Å². The summed E-state index contributed by atoms with van der Waals surface area (Å²) in [4.78, 5) is 7.12. The summed E-state index contributed by atoms with van der Waals surface area (Å²) in [5.41, 5.74) is 6.94. The molecule has 6 rings (SSSR count). The zero-order valence-electron chi connectivity index (χ0n) is 21.8. The van der Waals surface area contributed by atoms with Gasteiger partial charge >= 0.3 is 0 Å². The lowest BCUT2D eigenvalue weighted by Crippen LogP contribution is -2.18. The van der Waals surface area contributed by atoms with Crippen LogP contribution in [0.2, 0.25) is 0 Å². The first-order chi connectivity index (χ1) is 18.6. The van der Waals surface area contributed by atoms with Crippen LogP contribution in [0.3, 0.4) is 0 Å². The van der Waals surface area contributed by atoms with E-state index >= 15 is 0 Å². The number of nitriles is 1. The van der Waals surface area contributed by atoms with Gasteiger partial charge in [-0.25, -0.2) is 9.37 Å². The maximum Gasteiger partial charge on any atom is 0.181 e. The van der Waals surface area contributed by atoms with E-state index in [0.717, 1.165) is 54.7 Å². The van der Waals surface area contributed by atoms with Gasteiger partial charge in [-0.15, -0.1) is 0 Å². The molecular formula is C30H33FN6O. The van der Waals surface area contributed by atoms with Crippen LogP contribution in [0.15, 0.2) is 79.6 Å². The van der Waals surface area contributed by atoms with Crippen LogP contribution in [-0.4, -0.2) is 32.3 Å². The number of nitrogens with zero attached hydrogens (tertiary/aromatic N) is 5. The van der Waals surface area contributed by atoms with Crippen molar-refractivity contribution in [1.82, 2.24) is 19.4 Å². The molecule has 7 nitrogen and oxygen atoms in total. The zero-order chi connectivity index (χ0) is 26.9. The van der Waals surface area contributed by atoms with Crippen molar-refractivity contribution >= 4 is 5.69 Å². The molecular weight excluding hydrogens is 479 g/mol. The standard InChI is InChI=1S/C24H21FN4.C3H4N2O.C3H8/c25-20-5-3-17(4-6-20)18-14-23-24-26-9-12-29(24)22-8-7-21(27-10-1-2-11-27)13-19(22)16-28(23)15-18;4-3-5-1-2-6;1-3-2/h3-9,12-15H,1-2,10-11,16H2;1-2,5-6H;3H2,1-2H3/b;2-1+;. The molecule has 4 aromatic rings. The van der Waals surface area contributed by atoms with E-state index in [9.17, 15) is 4.39 Å². The summed E-state index contributed by atoms with van der Waals surface area (Å²) >= 11 is 0. The maximum atomic E-state index is 13.3. The first-order valence-electron chi connectivity index (χ1n) is 12.9. The molecule has 0 radical (unpaired) electrons. The van der Waals surface area contributed by atoms with Gasteiger partial charge < -0.3 is 14.6 Å². The van der Waals surface area contributed by atoms with Gasteiger partial charge in [0.2, 0.25) is 0 Å². The van der Waals surface area contributed by atoms with Crippen LogP contribution in [-0.2, 0) is 6.54 Å². The Balaban J connectivity index is 0.000000327. The molecule has 1 saturated heterocycles. The number of fused-ring (bicyclic) bond motifs is 5. The van der Waals surface area contributed by atoms with Crippen molar-refractivity contribution in [3.63, 3.8) is 0 Å². The van der Waals surface area contributed by atoms with Crippen molar-refractivity contribution in [1.29, 1.82) is 5.26 Å². The smallest absolute Gasteiger partial charge is 0.181 e. The Morgan fingerprint density at radius 3 is 2.47 bits per heavy atom. The van der Waals surface area contributed by atoms with Crippen LogP contribution in [0, 0.1) is 17.3 Å². The summed E-state index contributed by atoms with van der Waals surface area (Å²) in [6.07, 6.45) is 13.3. The molecule has 2 aromatic heterocycles. The SMILES string of the molecule is CCC.Fc1ccc(-c2cc3n(c2)Cc2cc(N4CCCC4)ccc2-n2ccnc2-3)cc1.N#CN/C=C/O. The summed E-state index contributed by atoms with van der Waals surface area (Å²) in [5.74, 6) is 0.722. The highest BCUT2D eigenvalue weighted by Gasteiger charge is 2.22. The van der Waals surface area contributed by atoms with E-state index < -0.39 is 0 Å². The minimum atomic E-state index is -0.214. The molecule has 2 aliphatic rings. The van der Waals surface area contributed by atoms with E-state index in [1.807, 2.05) is 24.5 Å². The highest BCUT2D eigenvalue weighted by atomic mass is 19.1. The quantitative estimate of drug-likeness (QED) is 0.161. The Kier molecular flexibility index (Phi) is 8.83. The normalized spacial score (nSPS) is 13.2. The Bertz CT molecular complexity index is 1410. The molecule has 2 N–H and O–H groups in total. The Morgan fingerprint density at radius 2 is 1.82 bits per heavy atom. The van der Waals surface area contributed by atoms with E-state index in [4.69, 9.17) is 10.4 Å². The largest absolute Gasteiger partial charge is 0.514 e. The number of halogens is 1. The molecule has 0 atom stereocenters. The summed E-state index contributed by atoms with van der Waals surface area (Å²) in [6, 6.07) is 15.6. The third-order valence-corrected chi connectivity index (χ3v) is 6.30. The second-order valence-corrected chi connectivity index (χ2v) is 9.16. The van der Waals surface area contributed by atoms with E-state index in [0.29, 0.717) is 0 Å². The van der Waals surface area contributed by atoms with Gasteiger partial charge in [-0.3, -0.25) is 9.88 Å². The highest BCUT2D eigenvalue weighted by molar-refractivity contribution is 5.72. The Hall–Kier alpha value is -4.51. The molecule has 0 amide bonds. The molecule has 38 heavy (non-hydrogen) atoms. The molecule has 8 heteroatoms. The van der Waals surface area contributed by atoms with E-state index in [-0.39, 0.29) is 5.82 Å². The number of hydrogen-bond acceptors (Lipinski definition) is 5. The molecule has 4 heterocycles. The van der Waals surface area contributed by atoms with E-state index in [1.165, 1.54) is 48.3 Å². The maximum absolute atomic E-state index is 13.3. The molecule has 0 saturated carbocycles. The molecule has 2 aromatic carbocycles. The van der Waals surface area contributed by atoms with Gasteiger partial charge in [-0.1, -0.05) is 32.4 Å². The van der Waals surface area contributed by atoms with Gasteiger partial charge in [0.1, 0.15) is 5.82 Å². The van der Waals surface area contributed by atoms with Crippen LogP contribution in [0.1, 0.15) is 38.7 Å². The molecule has 2 aliphatic heterocycles. The van der Waals surface area contributed by atoms with Gasteiger partial charge in [-0.05, 0) is 60.4 Å². The number of aliphatic hydroxyl groups is 1. The lowest BCUT2D eigenvalue weighted by Gasteiger charge is -2.20. The van der Waals surface area contributed by atoms with Gasteiger partial charge in [0.05, 0.1) is 17.6 Å². The number of rotatable bonds is 3. The molecule has 196 valence electrons. The Labute approximate surface area is 223 Å². The van der Waals surface area contributed by atoms with Crippen LogP contribution in [0.4, 0.5) is 10.1 Å². The minimum Gasteiger partial charge on any atom is -0.514 e. The van der Waals surface area contributed by atoms with Crippen LogP contribution in [0.5, 0.6) is 0 Å². The van der Waals surface area contributed by atoms with Crippen molar-refractivity contribution in [2.24, 2.45) is 0 Å². The topological polar surface area (TPSA) is 82.0 Å². The first-order valence-corrected chi connectivity index (χ1v) is 12.9. The highest BCUT2D eigenvalue weighted by Crippen LogP contribution is 2.35. The van der Waals surface area contributed by atoms with Crippen molar-refractivity contribution in [2.45, 2.75) is 39.7 Å². The number of benzene rings is 2. The molecule has 0 unspecified atom stereocenters.